The topological polar surface area (TPSA) is 61.4 Å². The van der Waals surface area contributed by atoms with Gasteiger partial charge in [-0.3, -0.25) is 9.59 Å². The molecule has 2 fully saturated rings. The minimum atomic E-state index is -0.400. The zero-order valence-corrected chi connectivity index (χ0v) is 10.4. The molecule has 5 heteroatoms. The van der Waals surface area contributed by atoms with E-state index < -0.39 is 6.04 Å². The van der Waals surface area contributed by atoms with Gasteiger partial charge in [0.05, 0.1) is 6.04 Å². The van der Waals surface area contributed by atoms with E-state index in [9.17, 15) is 9.59 Å². The van der Waals surface area contributed by atoms with Crippen LogP contribution >= 0.6 is 0 Å². The largest absolute Gasteiger partial charge is 0.343 e. The number of hydrogen-bond donors (Lipinski definition) is 2. The Bertz CT molecular complexity index is 294. The highest BCUT2D eigenvalue weighted by Gasteiger charge is 2.28. The lowest BCUT2D eigenvalue weighted by atomic mass is 10.2. The van der Waals surface area contributed by atoms with Crippen molar-refractivity contribution >= 4 is 11.8 Å². The van der Waals surface area contributed by atoms with Gasteiger partial charge in [-0.25, -0.2) is 0 Å². The molecule has 2 aliphatic heterocycles. The lowest BCUT2D eigenvalue weighted by molar-refractivity contribution is -0.135. The van der Waals surface area contributed by atoms with Crippen LogP contribution in [-0.4, -0.2) is 48.4 Å². The first-order chi connectivity index (χ1) is 8.18. The van der Waals surface area contributed by atoms with Crippen LogP contribution in [0.25, 0.3) is 0 Å². The molecule has 0 spiro atoms. The number of amides is 2. The first-order valence-electron chi connectivity index (χ1n) is 6.51. The summed E-state index contributed by atoms with van der Waals surface area (Å²) in [6.07, 6.45) is 4.07. The summed E-state index contributed by atoms with van der Waals surface area (Å²) in [4.78, 5) is 25.7. The Morgan fingerprint density at radius 2 is 2.00 bits per heavy atom. The van der Waals surface area contributed by atoms with Gasteiger partial charge in [-0.1, -0.05) is 0 Å². The maximum absolute atomic E-state index is 12.0. The number of likely N-dealkylation sites (tertiary alicyclic amines) is 1. The summed E-state index contributed by atoms with van der Waals surface area (Å²) < 4.78 is 0. The van der Waals surface area contributed by atoms with Crippen molar-refractivity contribution in [3.05, 3.63) is 0 Å². The van der Waals surface area contributed by atoms with Crippen molar-refractivity contribution in [3.63, 3.8) is 0 Å². The van der Waals surface area contributed by atoms with Gasteiger partial charge >= 0.3 is 0 Å². The zero-order chi connectivity index (χ0) is 12.3. The molecule has 2 heterocycles. The van der Waals surface area contributed by atoms with E-state index in [2.05, 4.69) is 10.6 Å². The molecule has 2 atom stereocenters. The molecule has 5 nitrogen and oxygen atoms in total. The fraction of sp³-hybridized carbons (Fsp3) is 0.833. The monoisotopic (exact) mass is 239 g/mol. The standard InChI is InChI=1S/C12H21N3O2/c1-9(12(17)15-7-2-3-8-15)14-11(16)10-5-4-6-13-10/h9-10,13H,2-8H2,1H3,(H,14,16)/t9?,10-/m1/s1. The summed E-state index contributed by atoms with van der Waals surface area (Å²) in [5.41, 5.74) is 0. The molecule has 0 saturated carbocycles. The van der Waals surface area contributed by atoms with Gasteiger partial charge in [0.1, 0.15) is 6.04 Å². The summed E-state index contributed by atoms with van der Waals surface area (Å²) >= 11 is 0. The SMILES string of the molecule is CC(NC(=O)[C@H]1CCCN1)C(=O)N1CCCC1. The van der Waals surface area contributed by atoms with E-state index in [0.717, 1.165) is 45.3 Å². The van der Waals surface area contributed by atoms with Crippen molar-refractivity contribution in [3.8, 4) is 0 Å². The number of carbonyl (C=O) groups is 2. The van der Waals surface area contributed by atoms with Crippen molar-refractivity contribution in [2.24, 2.45) is 0 Å². The third kappa shape index (κ3) is 2.97. The third-order valence-corrected chi connectivity index (χ3v) is 3.52. The maximum Gasteiger partial charge on any atom is 0.244 e. The number of nitrogens with zero attached hydrogens (tertiary/aromatic N) is 1. The Labute approximate surface area is 102 Å². The van der Waals surface area contributed by atoms with Crippen LogP contribution in [0, 0.1) is 0 Å². The van der Waals surface area contributed by atoms with Crippen LogP contribution in [0.1, 0.15) is 32.6 Å². The van der Waals surface area contributed by atoms with Gasteiger partial charge < -0.3 is 15.5 Å². The summed E-state index contributed by atoms with van der Waals surface area (Å²) in [6, 6.07) is -0.508. The van der Waals surface area contributed by atoms with Crippen LogP contribution in [0.4, 0.5) is 0 Å². The molecule has 0 bridgehead atoms. The Hall–Kier alpha value is -1.10. The van der Waals surface area contributed by atoms with Gasteiger partial charge in [0.2, 0.25) is 11.8 Å². The Kier molecular flexibility index (Phi) is 3.99. The van der Waals surface area contributed by atoms with Crippen LogP contribution < -0.4 is 10.6 Å². The highest BCUT2D eigenvalue weighted by Crippen LogP contribution is 2.10. The van der Waals surface area contributed by atoms with E-state index >= 15 is 0 Å². The van der Waals surface area contributed by atoms with Crippen LogP contribution in [0.5, 0.6) is 0 Å². The van der Waals surface area contributed by atoms with Gasteiger partial charge in [0.15, 0.2) is 0 Å². The summed E-state index contributed by atoms with van der Waals surface area (Å²) in [5.74, 6) is 0.0105. The molecule has 2 rings (SSSR count). The molecule has 2 N–H and O–H groups in total. The normalized spacial score (nSPS) is 25.9. The predicted molar refractivity (Wildman–Crippen MR) is 64.4 cm³/mol. The molecule has 17 heavy (non-hydrogen) atoms. The highest BCUT2D eigenvalue weighted by atomic mass is 16.2. The molecule has 0 aromatic carbocycles. The second kappa shape index (κ2) is 5.49. The molecule has 2 amide bonds. The molecule has 0 aliphatic carbocycles. The summed E-state index contributed by atoms with van der Waals surface area (Å²) in [5, 5.41) is 5.94. The summed E-state index contributed by atoms with van der Waals surface area (Å²) in [7, 11) is 0. The van der Waals surface area contributed by atoms with Crippen LogP contribution in [0.3, 0.4) is 0 Å². The molecule has 2 saturated heterocycles. The van der Waals surface area contributed by atoms with Crippen molar-refractivity contribution in [1.29, 1.82) is 0 Å². The van der Waals surface area contributed by atoms with Gasteiger partial charge in [0.25, 0.3) is 0 Å². The van der Waals surface area contributed by atoms with Gasteiger partial charge in [-0.05, 0) is 39.2 Å². The number of hydrogen-bond acceptors (Lipinski definition) is 3. The molecule has 0 aromatic heterocycles. The minimum absolute atomic E-state index is 0.0393. The fourth-order valence-corrected chi connectivity index (χ4v) is 2.50. The quantitative estimate of drug-likeness (QED) is 0.721. The number of rotatable bonds is 3. The average molecular weight is 239 g/mol. The second-order valence-corrected chi connectivity index (χ2v) is 4.91. The van der Waals surface area contributed by atoms with E-state index in [0.29, 0.717) is 0 Å². The molecule has 1 unspecified atom stereocenters. The van der Waals surface area contributed by atoms with E-state index in [1.54, 1.807) is 6.92 Å². The predicted octanol–water partition coefficient (Wildman–Crippen LogP) is -0.134. The van der Waals surface area contributed by atoms with Crippen LogP contribution in [-0.2, 0) is 9.59 Å². The van der Waals surface area contributed by atoms with E-state index in [4.69, 9.17) is 0 Å². The Balaban J connectivity index is 1.80. The first kappa shape index (κ1) is 12.4. The highest BCUT2D eigenvalue weighted by molar-refractivity contribution is 5.89. The van der Waals surface area contributed by atoms with Crippen molar-refractivity contribution in [1.82, 2.24) is 15.5 Å². The number of carbonyl (C=O) groups excluding carboxylic acids is 2. The van der Waals surface area contributed by atoms with Crippen molar-refractivity contribution in [2.75, 3.05) is 19.6 Å². The van der Waals surface area contributed by atoms with Crippen LogP contribution in [0.2, 0.25) is 0 Å². The Morgan fingerprint density at radius 3 is 2.59 bits per heavy atom. The molecule has 0 aromatic rings. The lowest BCUT2D eigenvalue weighted by Crippen LogP contribution is -2.50. The van der Waals surface area contributed by atoms with Crippen molar-refractivity contribution in [2.45, 2.75) is 44.7 Å². The fourth-order valence-electron chi connectivity index (χ4n) is 2.50. The van der Waals surface area contributed by atoms with E-state index in [1.165, 1.54) is 0 Å². The second-order valence-electron chi connectivity index (χ2n) is 4.91. The maximum atomic E-state index is 12.0. The first-order valence-corrected chi connectivity index (χ1v) is 6.51. The van der Waals surface area contributed by atoms with E-state index in [-0.39, 0.29) is 17.9 Å². The summed E-state index contributed by atoms with van der Waals surface area (Å²) in [6.45, 7) is 4.33. The molecular formula is C12H21N3O2. The molecule has 96 valence electrons. The van der Waals surface area contributed by atoms with Crippen LogP contribution in [0.15, 0.2) is 0 Å². The lowest BCUT2D eigenvalue weighted by Gasteiger charge is -2.22. The minimum Gasteiger partial charge on any atom is -0.343 e. The van der Waals surface area contributed by atoms with E-state index in [1.807, 2.05) is 4.90 Å². The van der Waals surface area contributed by atoms with Gasteiger partial charge in [0, 0.05) is 13.1 Å². The van der Waals surface area contributed by atoms with Gasteiger partial charge in [-0.2, -0.15) is 0 Å². The van der Waals surface area contributed by atoms with Crippen molar-refractivity contribution < 1.29 is 9.59 Å². The zero-order valence-electron chi connectivity index (χ0n) is 10.4. The average Bonchev–Trinajstić information content (AvgIpc) is 3.00. The van der Waals surface area contributed by atoms with Gasteiger partial charge in [-0.15, -0.1) is 0 Å². The molecule has 0 radical (unpaired) electrons. The smallest absolute Gasteiger partial charge is 0.244 e. The third-order valence-electron chi connectivity index (χ3n) is 3.52. The Morgan fingerprint density at radius 1 is 1.29 bits per heavy atom. The molecule has 2 aliphatic rings. The number of nitrogens with one attached hydrogen (secondary N) is 2. The molecular weight excluding hydrogens is 218 g/mol.